The van der Waals surface area contributed by atoms with Gasteiger partial charge in [-0.3, -0.25) is 4.79 Å². The topological polar surface area (TPSA) is 41.1 Å². The molecule has 1 amide bonds. The number of hydrogen-bond donors (Lipinski definition) is 2. The summed E-state index contributed by atoms with van der Waals surface area (Å²) < 4.78 is 0. The molecule has 1 aliphatic carbocycles. The van der Waals surface area contributed by atoms with Crippen LogP contribution in [0.3, 0.4) is 0 Å². The SMILES string of the molecule is CCCCNC(=O)CSc1cccc(CNC2CC2)c1. The van der Waals surface area contributed by atoms with E-state index in [0.717, 1.165) is 32.0 Å². The second-order valence-corrected chi connectivity index (χ2v) is 6.34. The van der Waals surface area contributed by atoms with Crippen LogP contribution >= 0.6 is 11.8 Å². The molecule has 0 aliphatic heterocycles. The van der Waals surface area contributed by atoms with Gasteiger partial charge in [-0.1, -0.05) is 25.5 Å². The first-order valence-corrected chi connectivity index (χ1v) is 8.48. The minimum Gasteiger partial charge on any atom is -0.355 e. The molecular weight excluding hydrogens is 268 g/mol. The zero-order valence-electron chi connectivity index (χ0n) is 12.2. The van der Waals surface area contributed by atoms with E-state index in [1.54, 1.807) is 11.8 Å². The van der Waals surface area contributed by atoms with E-state index in [0.29, 0.717) is 5.75 Å². The van der Waals surface area contributed by atoms with E-state index in [1.165, 1.54) is 23.3 Å². The molecule has 0 atom stereocenters. The van der Waals surface area contributed by atoms with Gasteiger partial charge in [0.25, 0.3) is 0 Å². The fourth-order valence-corrected chi connectivity index (χ4v) is 2.71. The molecule has 1 aromatic rings. The van der Waals surface area contributed by atoms with Gasteiger partial charge in [-0.25, -0.2) is 0 Å². The minimum atomic E-state index is 0.130. The van der Waals surface area contributed by atoms with Crippen LogP contribution in [0, 0.1) is 0 Å². The van der Waals surface area contributed by atoms with Crippen molar-refractivity contribution in [3.05, 3.63) is 29.8 Å². The molecule has 0 heterocycles. The van der Waals surface area contributed by atoms with Gasteiger partial charge in [-0.2, -0.15) is 0 Å². The van der Waals surface area contributed by atoms with Crippen LogP contribution in [0.4, 0.5) is 0 Å². The Morgan fingerprint density at radius 2 is 2.25 bits per heavy atom. The first-order chi connectivity index (χ1) is 9.78. The lowest BCUT2D eigenvalue weighted by Gasteiger charge is -2.07. The summed E-state index contributed by atoms with van der Waals surface area (Å²) in [6.45, 7) is 3.85. The Balaban J connectivity index is 1.71. The van der Waals surface area contributed by atoms with Crippen molar-refractivity contribution in [2.75, 3.05) is 12.3 Å². The number of rotatable bonds is 9. The number of thioether (sulfide) groups is 1. The average molecular weight is 292 g/mol. The first kappa shape index (κ1) is 15.4. The van der Waals surface area contributed by atoms with Crippen molar-refractivity contribution in [1.29, 1.82) is 0 Å². The summed E-state index contributed by atoms with van der Waals surface area (Å²) in [7, 11) is 0. The molecule has 0 unspecified atom stereocenters. The highest BCUT2D eigenvalue weighted by atomic mass is 32.2. The van der Waals surface area contributed by atoms with Crippen LogP contribution < -0.4 is 10.6 Å². The Labute approximate surface area is 125 Å². The van der Waals surface area contributed by atoms with Crippen molar-refractivity contribution in [3.63, 3.8) is 0 Å². The van der Waals surface area contributed by atoms with Gasteiger partial charge in [0.2, 0.25) is 5.91 Å². The van der Waals surface area contributed by atoms with Gasteiger partial charge < -0.3 is 10.6 Å². The quantitative estimate of drug-likeness (QED) is 0.543. The van der Waals surface area contributed by atoms with E-state index in [1.807, 2.05) is 0 Å². The molecule has 0 bridgehead atoms. The van der Waals surface area contributed by atoms with Crippen molar-refractivity contribution < 1.29 is 4.79 Å². The average Bonchev–Trinajstić information content (AvgIpc) is 3.28. The maximum Gasteiger partial charge on any atom is 0.230 e. The molecular formula is C16H24N2OS. The van der Waals surface area contributed by atoms with Crippen LogP contribution in [0.25, 0.3) is 0 Å². The van der Waals surface area contributed by atoms with E-state index in [4.69, 9.17) is 0 Å². The Morgan fingerprint density at radius 1 is 1.40 bits per heavy atom. The first-order valence-electron chi connectivity index (χ1n) is 7.49. The second kappa shape index (κ2) is 8.32. The number of carbonyl (C=O) groups excluding carboxylic acids is 1. The Hall–Kier alpha value is -1.00. The van der Waals surface area contributed by atoms with Crippen LogP contribution in [0.1, 0.15) is 38.2 Å². The van der Waals surface area contributed by atoms with E-state index in [2.05, 4.69) is 41.8 Å². The normalized spacial score (nSPS) is 14.2. The summed E-state index contributed by atoms with van der Waals surface area (Å²) in [6, 6.07) is 9.20. The Bertz CT molecular complexity index is 432. The number of nitrogens with one attached hydrogen (secondary N) is 2. The van der Waals surface area contributed by atoms with Crippen molar-refractivity contribution >= 4 is 17.7 Å². The lowest BCUT2D eigenvalue weighted by molar-refractivity contribution is -0.118. The predicted molar refractivity (Wildman–Crippen MR) is 84.9 cm³/mol. The summed E-state index contributed by atoms with van der Waals surface area (Å²) in [4.78, 5) is 12.8. The van der Waals surface area contributed by atoms with E-state index < -0.39 is 0 Å². The van der Waals surface area contributed by atoms with Gasteiger partial charge in [0.1, 0.15) is 0 Å². The number of amides is 1. The smallest absolute Gasteiger partial charge is 0.230 e. The maximum absolute atomic E-state index is 11.7. The third-order valence-electron chi connectivity index (χ3n) is 3.29. The van der Waals surface area contributed by atoms with Crippen molar-refractivity contribution in [2.24, 2.45) is 0 Å². The number of hydrogen-bond acceptors (Lipinski definition) is 3. The standard InChI is InChI=1S/C16H24N2OS/c1-2-3-9-17-16(19)12-20-15-6-4-5-13(10-15)11-18-14-7-8-14/h4-6,10,14,18H,2-3,7-9,11-12H2,1H3,(H,17,19). The molecule has 0 saturated heterocycles. The van der Waals surface area contributed by atoms with Gasteiger partial charge in [0, 0.05) is 24.0 Å². The fourth-order valence-electron chi connectivity index (χ4n) is 1.90. The zero-order chi connectivity index (χ0) is 14.2. The number of benzene rings is 1. The summed E-state index contributed by atoms with van der Waals surface area (Å²) in [5, 5.41) is 6.46. The number of carbonyl (C=O) groups is 1. The minimum absolute atomic E-state index is 0.130. The van der Waals surface area contributed by atoms with Crippen LogP contribution in [0.2, 0.25) is 0 Å². The molecule has 3 nitrogen and oxygen atoms in total. The summed E-state index contributed by atoms with van der Waals surface area (Å²) in [5.74, 6) is 0.633. The van der Waals surface area contributed by atoms with Crippen molar-refractivity contribution in [1.82, 2.24) is 10.6 Å². The molecule has 1 aromatic carbocycles. The molecule has 4 heteroatoms. The van der Waals surface area contributed by atoms with Crippen molar-refractivity contribution in [3.8, 4) is 0 Å². The monoisotopic (exact) mass is 292 g/mol. The molecule has 1 fully saturated rings. The molecule has 0 radical (unpaired) electrons. The summed E-state index contributed by atoms with van der Waals surface area (Å²) in [6.07, 6.45) is 4.79. The van der Waals surface area contributed by atoms with Crippen LogP contribution in [0.5, 0.6) is 0 Å². The van der Waals surface area contributed by atoms with Crippen LogP contribution in [0.15, 0.2) is 29.2 Å². The summed E-state index contributed by atoms with van der Waals surface area (Å²) in [5.41, 5.74) is 1.30. The molecule has 1 aliphatic rings. The predicted octanol–water partition coefficient (Wildman–Crippen LogP) is 2.95. The highest BCUT2D eigenvalue weighted by molar-refractivity contribution is 8.00. The molecule has 0 aromatic heterocycles. The van der Waals surface area contributed by atoms with Gasteiger partial charge in [-0.15, -0.1) is 11.8 Å². The van der Waals surface area contributed by atoms with E-state index >= 15 is 0 Å². The van der Waals surface area contributed by atoms with Crippen LogP contribution in [-0.2, 0) is 11.3 Å². The summed E-state index contributed by atoms with van der Waals surface area (Å²) >= 11 is 1.61. The van der Waals surface area contributed by atoms with Gasteiger partial charge in [0.05, 0.1) is 5.75 Å². The third kappa shape index (κ3) is 5.97. The highest BCUT2D eigenvalue weighted by Crippen LogP contribution is 2.21. The lowest BCUT2D eigenvalue weighted by Crippen LogP contribution is -2.25. The molecule has 2 rings (SSSR count). The third-order valence-corrected chi connectivity index (χ3v) is 4.29. The largest absolute Gasteiger partial charge is 0.355 e. The van der Waals surface area contributed by atoms with Gasteiger partial charge in [-0.05, 0) is 37.0 Å². The van der Waals surface area contributed by atoms with Gasteiger partial charge in [0.15, 0.2) is 0 Å². The van der Waals surface area contributed by atoms with Crippen molar-refractivity contribution in [2.45, 2.75) is 50.1 Å². The molecule has 110 valence electrons. The molecule has 2 N–H and O–H groups in total. The maximum atomic E-state index is 11.7. The van der Waals surface area contributed by atoms with Gasteiger partial charge >= 0.3 is 0 Å². The zero-order valence-corrected chi connectivity index (χ0v) is 13.0. The Morgan fingerprint density at radius 3 is 3.00 bits per heavy atom. The highest BCUT2D eigenvalue weighted by Gasteiger charge is 2.19. The molecule has 1 saturated carbocycles. The van der Waals surface area contributed by atoms with Crippen LogP contribution in [-0.4, -0.2) is 24.2 Å². The fraction of sp³-hybridized carbons (Fsp3) is 0.562. The van der Waals surface area contributed by atoms with E-state index in [9.17, 15) is 4.79 Å². The lowest BCUT2D eigenvalue weighted by atomic mass is 10.2. The molecule has 20 heavy (non-hydrogen) atoms. The molecule has 0 spiro atoms. The van der Waals surface area contributed by atoms with E-state index in [-0.39, 0.29) is 5.91 Å². The second-order valence-electron chi connectivity index (χ2n) is 5.29. The Kier molecular flexibility index (Phi) is 6.40. The number of unbranched alkanes of at least 4 members (excludes halogenated alkanes) is 1.